The third kappa shape index (κ3) is 1.96. The SMILES string of the molecule is CCC(CC)(OC)C(CC)(CC)OC. The average Bonchev–Trinajstić information content (AvgIpc) is 2.27. The summed E-state index contributed by atoms with van der Waals surface area (Å²) in [4.78, 5) is 0. The third-order valence-corrected chi connectivity index (χ3v) is 3.90. The summed E-state index contributed by atoms with van der Waals surface area (Å²) in [6.45, 7) is 8.69. The van der Waals surface area contributed by atoms with Gasteiger partial charge in [-0.1, -0.05) is 27.7 Å². The van der Waals surface area contributed by atoms with Gasteiger partial charge in [0.2, 0.25) is 0 Å². The molecule has 0 N–H and O–H groups in total. The second kappa shape index (κ2) is 5.72. The van der Waals surface area contributed by atoms with Crippen molar-refractivity contribution in [2.75, 3.05) is 14.2 Å². The Morgan fingerprint density at radius 3 is 0.929 bits per heavy atom. The molecule has 0 aliphatic rings. The van der Waals surface area contributed by atoms with Crippen LogP contribution in [-0.4, -0.2) is 25.4 Å². The standard InChI is InChI=1S/C12H26O2/c1-7-11(8-2,13-5)12(9-3,10-4)14-6/h7-10H2,1-6H3. The van der Waals surface area contributed by atoms with Crippen LogP contribution in [0.25, 0.3) is 0 Å². The van der Waals surface area contributed by atoms with Gasteiger partial charge >= 0.3 is 0 Å². The molecule has 0 aromatic carbocycles. The van der Waals surface area contributed by atoms with Gasteiger partial charge in [-0.25, -0.2) is 0 Å². The maximum absolute atomic E-state index is 5.75. The minimum atomic E-state index is -0.134. The normalized spacial score (nSPS) is 13.3. The van der Waals surface area contributed by atoms with Crippen LogP contribution in [0.15, 0.2) is 0 Å². The second-order valence-corrected chi connectivity index (χ2v) is 3.81. The van der Waals surface area contributed by atoms with Crippen molar-refractivity contribution in [1.29, 1.82) is 0 Å². The van der Waals surface area contributed by atoms with E-state index in [1.54, 1.807) is 14.2 Å². The highest BCUT2D eigenvalue weighted by Gasteiger charge is 2.47. The maximum Gasteiger partial charge on any atom is 0.0961 e. The lowest BCUT2D eigenvalue weighted by Gasteiger charge is -2.47. The van der Waals surface area contributed by atoms with Crippen LogP contribution in [0.4, 0.5) is 0 Å². The number of methoxy groups -OCH3 is 2. The van der Waals surface area contributed by atoms with Crippen molar-refractivity contribution in [2.24, 2.45) is 0 Å². The molecule has 2 nitrogen and oxygen atoms in total. The first-order chi connectivity index (χ1) is 6.61. The van der Waals surface area contributed by atoms with Gasteiger partial charge in [0.05, 0.1) is 11.2 Å². The van der Waals surface area contributed by atoms with Crippen molar-refractivity contribution in [3.05, 3.63) is 0 Å². The van der Waals surface area contributed by atoms with E-state index in [0.29, 0.717) is 0 Å². The van der Waals surface area contributed by atoms with Crippen molar-refractivity contribution in [3.63, 3.8) is 0 Å². The van der Waals surface area contributed by atoms with Crippen LogP contribution in [0.5, 0.6) is 0 Å². The van der Waals surface area contributed by atoms with E-state index < -0.39 is 0 Å². The molecule has 0 saturated carbocycles. The molecule has 86 valence electrons. The number of ether oxygens (including phenoxy) is 2. The molecule has 0 aliphatic heterocycles. The molecule has 0 unspecified atom stereocenters. The molecule has 0 radical (unpaired) electrons. The summed E-state index contributed by atoms with van der Waals surface area (Å²) in [7, 11) is 3.60. The van der Waals surface area contributed by atoms with Crippen LogP contribution in [0.2, 0.25) is 0 Å². The highest BCUT2D eigenvalue weighted by atomic mass is 16.5. The molecule has 0 bridgehead atoms. The Hall–Kier alpha value is -0.0800. The minimum Gasteiger partial charge on any atom is -0.375 e. The van der Waals surface area contributed by atoms with Crippen molar-refractivity contribution < 1.29 is 9.47 Å². The summed E-state index contributed by atoms with van der Waals surface area (Å²) in [5.41, 5.74) is -0.267. The molecule has 0 atom stereocenters. The van der Waals surface area contributed by atoms with Crippen LogP contribution in [0.1, 0.15) is 53.4 Å². The highest BCUT2D eigenvalue weighted by molar-refractivity contribution is 4.99. The van der Waals surface area contributed by atoms with Crippen molar-refractivity contribution >= 4 is 0 Å². The summed E-state index contributed by atoms with van der Waals surface area (Å²) >= 11 is 0. The zero-order valence-electron chi connectivity index (χ0n) is 10.6. The smallest absolute Gasteiger partial charge is 0.0961 e. The lowest BCUT2D eigenvalue weighted by atomic mass is 9.75. The first kappa shape index (κ1) is 13.9. The molecule has 0 fully saturated rings. The van der Waals surface area contributed by atoms with Crippen LogP contribution < -0.4 is 0 Å². The first-order valence-corrected chi connectivity index (χ1v) is 5.72. The zero-order chi connectivity index (χ0) is 11.2. The van der Waals surface area contributed by atoms with Crippen molar-refractivity contribution in [3.8, 4) is 0 Å². The fourth-order valence-electron chi connectivity index (χ4n) is 2.74. The highest BCUT2D eigenvalue weighted by Crippen LogP contribution is 2.40. The average molecular weight is 202 g/mol. The lowest BCUT2D eigenvalue weighted by Crippen LogP contribution is -2.55. The molecule has 2 heteroatoms. The molecule has 0 amide bonds. The Labute approximate surface area is 89.0 Å². The largest absolute Gasteiger partial charge is 0.375 e. The molecule has 0 saturated heterocycles. The molecule has 14 heavy (non-hydrogen) atoms. The Balaban J connectivity index is 5.08. The summed E-state index contributed by atoms with van der Waals surface area (Å²) in [6.07, 6.45) is 3.98. The maximum atomic E-state index is 5.75. The van der Waals surface area contributed by atoms with Gasteiger partial charge in [0, 0.05) is 14.2 Å². The fourth-order valence-corrected chi connectivity index (χ4v) is 2.74. The van der Waals surface area contributed by atoms with Gasteiger partial charge in [0.15, 0.2) is 0 Å². The van der Waals surface area contributed by atoms with E-state index >= 15 is 0 Å². The predicted octanol–water partition coefficient (Wildman–Crippen LogP) is 3.40. The van der Waals surface area contributed by atoms with Crippen LogP contribution in [-0.2, 0) is 9.47 Å². The molecular formula is C12H26O2. The Bertz CT molecular complexity index is 112. The van der Waals surface area contributed by atoms with Crippen LogP contribution in [0, 0.1) is 0 Å². The number of hydrogen-bond donors (Lipinski definition) is 0. The van der Waals surface area contributed by atoms with E-state index in [-0.39, 0.29) is 11.2 Å². The topological polar surface area (TPSA) is 18.5 Å². The lowest BCUT2D eigenvalue weighted by molar-refractivity contribution is -0.192. The molecule has 0 rings (SSSR count). The minimum absolute atomic E-state index is 0.134. The van der Waals surface area contributed by atoms with Gasteiger partial charge in [-0.3, -0.25) is 0 Å². The number of rotatable bonds is 7. The van der Waals surface area contributed by atoms with E-state index in [1.165, 1.54) is 0 Å². The van der Waals surface area contributed by atoms with E-state index in [9.17, 15) is 0 Å². The monoisotopic (exact) mass is 202 g/mol. The van der Waals surface area contributed by atoms with Gasteiger partial charge in [0.1, 0.15) is 0 Å². The first-order valence-electron chi connectivity index (χ1n) is 5.72. The predicted molar refractivity (Wildman–Crippen MR) is 60.6 cm³/mol. The van der Waals surface area contributed by atoms with Gasteiger partial charge < -0.3 is 9.47 Å². The Kier molecular flexibility index (Phi) is 5.68. The van der Waals surface area contributed by atoms with Gasteiger partial charge in [-0.05, 0) is 25.7 Å². The van der Waals surface area contributed by atoms with Crippen molar-refractivity contribution in [2.45, 2.75) is 64.6 Å². The molecule has 0 aromatic rings. The quantitative estimate of drug-likeness (QED) is 0.630. The fraction of sp³-hybridized carbons (Fsp3) is 1.00. The Morgan fingerprint density at radius 1 is 0.643 bits per heavy atom. The van der Waals surface area contributed by atoms with Gasteiger partial charge in [-0.15, -0.1) is 0 Å². The summed E-state index contributed by atoms with van der Waals surface area (Å²) in [5.74, 6) is 0. The van der Waals surface area contributed by atoms with Gasteiger partial charge in [-0.2, -0.15) is 0 Å². The molecule has 0 aromatic heterocycles. The Morgan fingerprint density at radius 2 is 0.857 bits per heavy atom. The van der Waals surface area contributed by atoms with E-state index in [4.69, 9.17) is 9.47 Å². The second-order valence-electron chi connectivity index (χ2n) is 3.81. The van der Waals surface area contributed by atoms with E-state index in [2.05, 4.69) is 27.7 Å². The molecule has 0 heterocycles. The van der Waals surface area contributed by atoms with Gasteiger partial charge in [0.25, 0.3) is 0 Å². The molecule has 0 aliphatic carbocycles. The summed E-state index contributed by atoms with van der Waals surface area (Å²) < 4.78 is 11.5. The summed E-state index contributed by atoms with van der Waals surface area (Å²) in [6, 6.07) is 0. The molecule has 0 spiro atoms. The van der Waals surface area contributed by atoms with Crippen LogP contribution >= 0.6 is 0 Å². The third-order valence-electron chi connectivity index (χ3n) is 3.90. The van der Waals surface area contributed by atoms with Crippen molar-refractivity contribution in [1.82, 2.24) is 0 Å². The zero-order valence-corrected chi connectivity index (χ0v) is 10.6. The van der Waals surface area contributed by atoms with E-state index in [1.807, 2.05) is 0 Å². The molecular weight excluding hydrogens is 176 g/mol. The van der Waals surface area contributed by atoms with E-state index in [0.717, 1.165) is 25.7 Å². The van der Waals surface area contributed by atoms with Crippen LogP contribution in [0.3, 0.4) is 0 Å². The summed E-state index contributed by atoms with van der Waals surface area (Å²) in [5, 5.41) is 0. The number of hydrogen-bond acceptors (Lipinski definition) is 2.